The van der Waals surface area contributed by atoms with Crippen LogP contribution in [-0.4, -0.2) is 10.1 Å². The number of hydrogen-bond donors (Lipinski definition) is 2. The second kappa shape index (κ2) is 5.92. The van der Waals surface area contributed by atoms with Crippen LogP contribution in [0.5, 0.6) is 5.75 Å². The fourth-order valence-corrected chi connectivity index (χ4v) is 2.77. The summed E-state index contributed by atoms with van der Waals surface area (Å²) in [5.41, 5.74) is 2.46. The summed E-state index contributed by atoms with van der Waals surface area (Å²) in [6, 6.07) is 13.0. The van der Waals surface area contributed by atoms with Crippen LogP contribution in [0.2, 0.25) is 5.02 Å². The van der Waals surface area contributed by atoms with Crippen LogP contribution in [0.25, 0.3) is 10.9 Å². The summed E-state index contributed by atoms with van der Waals surface area (Å²) < 4.78 is 0.941. The van der Waals surface area contributed by atoms with Crippen molar-refractivity contribution in [3.05, 3.63) is 63.7 Å². The van der Waals surface area contributed by atoms with Crippen molar-refractivity contribution in [1.82, 2.24) is 4.98 Å². The maximum atomic E-state index is 9.87. The van der Waals surface area contributed by atoms with E-state index in [1.807, 2.05) is 24.3 Å². The topological polar surface area (TPSA) is 45.1 Å². The standard InChI is InChI=1S/C16H12BrClN2O/c17-11-7-10-3-1-5-14(16(10)20-8-11)19-9-12-13(18)4-2-6-15(12)21/h1-8,19,21H,9H2. The van der Waals surface area contributed by atoms with Crippen molar-refractivity contribution in [1.29, 1.82) is 0 Å². The highest BCUT2D eigenvalue weighted by molar-refractivity contribution is 9.10. The first-order chi connectivity index (χ1) is 10.1. The Morgan fingerprint density at radius 1 is 1.19 bits per heavy atom. The van der Waals surface area contributed by atoms with Crippen LogP contribution in [0, 0.1) is 0 Å². The number of phenols is 1. The quantitative estimate of drug-likeness (QED) is 0.690. The molecule has 5 heteroatoms. The van der Waals surface area contributed by atoms with Crippen LogP contribution in [0.15, 0.2) is 53.1 Å². The van der Waals surface area contributed by atoms with E-state index in [1.165, 1.54) is 0 Å². The van der Waals surface area contributed by atoms with Crippen LogP contribution in [-0.2, 0) is 6.54 Å². The minimum atomic E-state index is 0.186. The Labute approximate surface area is 135 Å². The molecule has 106 valence electrons. The molecule has 0 amide bonds. The molecule has 0 saturated heterocycles. The minimum absolute atomic E-state index is 0.186. The van der Waals surface area contributed by atoms with Crippen LogP contribution in [0.3, 0.4) is 0 Å². The fourth-order valence-electron chi connectivity index (χ4n) is 2.18. The second-order valence-electron chi connectivity index (χ2n) is 4.62. The predicted molar refractivity (Wildman–Crippen MR) is 89.9 cm³/mol. The Morgan fingerprint density at radius 2 is 2.00 bits per heavy atom. The molecule has 0 aliphatic heterocycles. The summed E-state index contributed by atoms with van der Waals surface area (Å²) >= 11 is 9.53. The number of para-hydroxylation sites is 1. The van der Waals surface area contributed by atoms with Crippen LogP contribution in [0.4, 0.5) is 5.69 Å². The molecule has 2 N–H and O–H groups in total. The van der Waals surface area contributed by atoms with Crippen molar-refractivity contribution in [2.24, 2.45) is 0 Å². The van der Waals surface area contributed by atoms with Gasteiger partial charge < -0.3 is 10.4 Å². The van der Waals surface area contributed by atoms with Gasteiger partial charge in [-0.15, -0.1) is 0 Å². The number of halogens is 2. The van der Waals surface area contributed by atoms with Gasteiger partial charge in [0, 0.05) is 33.2 Å². The lowest BCUT2D eigenvalue weighted by molar-refractivity contribution is 0.469. The van der Waals surface area contributed by atoms with Crippen molar-refractivity contribution < 1.29 is 5.11 Å². The summed E-state index contributed by atoms with van der Waals surface area (Å²) in [7, 11) is 0. The molecule has 0 aliphatic rings. The number of nitrogens with zero attached hydrogens (tertiary/aromatic N) is 1. The molecule has 0 bridgehead atoms. The van der Waals surface area contributed by atoms with E-state index in [4.69, 9.17) is 11.6 Å². The van der Waals surface area contributed by atoms with Crippen LogP contribution in [0.1, 0.15) is 5.56 Å². The third kappa shape index (κ3) is 2.96. The number of benzene rings is 2. The van der Waals surface area contributed by atoms with Crippen LogP contribution < -0.4 is 5.32 Å². The second-order valence-corrected chi connectivity index (χ2v) is 5.94. The van der Waals surface area contributed by atoms with Crippen LogP contribution >= 0.6 is 27.5 Å². The molecule has 0 saturated carbocycles. The third-order valence-electron chi connectivity index (χ3n) is 3.23. The van der Waals surface area contributed by atoms with Gasteiger partial charge in [0.15, 0.2) is 0 Å². The largest absolute Gasteiger partial charge is 0.508 e. The maximum absolute atomic E-state index is 9.87. The molecule has 3 aromatic rings. The van der Waals surface area contributed by atoms with E-state index in [1.54, 1.807) is 24.4 Å². The van der Waals surface area contributed by atoms with Gasteiger partial charge in [-0.1, -0.05) is 29.8 Å². The van der Waals surface area contributed by atoms with Crippen molar-refractivity contribution in [3.8, 4) is 5.75 Å². The Morgan fingerprint density at radius 3 is 2.81 bits per heavy atom. The molecule has 0 radical (unpaired) electrons. The normalized spacial score (nSPS) is 10.8. The smallest absolute Gasteiger partial charge is 0.122 e. The first kappa shape index (κ1) is 14.2. The van der Waals surface area contributed by atoms with Gasteiger partial charge in [0.1, 0.15) is 5.75 Å². The van der Waals surface area contributed by atoms with E-state index in [0.717, 1.165) is 21.1 Å². The number of anilines is 1. The van der Waals surface area contributed by atoms with Crippen molar-refractivity contribution in [2.75, 3.05) is 5.32 Å². The van der Waals surface area contributed by atoms with Gasteiger partial charge in [0.2, 0.25) is 0 Å². The summed E-state index contributed by atoms with van der Waals surface area (Å²) in [6.45, 7) is 0.433. The van der Waals surface area contributed by atoms with E-state index < -0.39 is 0 Å². The summed E-state index contributed by atoms with van der Waals surface area (Å²) in [5, 5.41) is 14.7. The molecular formula is C16H12BrClN2O. The average molecular weight is 364 g/mol. The highest BCUT2D eigenvalue weighted by atomic mass is 79.9. The van der Waals surface area contributed by atoms with E-state index in [9.17, 15) is 5.11 Å². The van der Waals surface area contributed by atoms with Gasteiger partial charge >= 0.3 is 0 Å². The molecule has 3 nitrogen and oxygen atoms in total. The number of hydrogen-bond acceptors (Lipinski definition) is 3. The zero-order valence-corrected chi connectivity index (χ0v) is 13.3. The minimum Gasteiger partial charge on any atom is -0.508 e. The lowest BCUT2D eigenvalue weighted by atomic mass is 10.1. The summed E-state index contributed by atoms with van der Waals surface area (Å²) in [5.74, 6) is 0.186. The van der Waals surface area contributed by atoms with Gasteiger partial charge in [0.25, 0.3) is 0 Å². The monoisotopic (exact) mass is 362 g/mol. The highest BCUT2D eigenvalue weighted by Gasteiger charge is 2.07. The first-order valence-electron chi connectivity index (χ1n) is 6.39. The Balaban J connectivity index is 1.92. The van der Waals surface area contributed by atoms with Crippen molar-refractivity contribution in [2.45, 2.75) is 6.54 Å². The lowest BCUT2D eigenvalue weighted by Gasteiger charge is -2.11. The molecule has 1 heterocycles. The van der Waals surface area contributed by atoms with E-state index in [0.29, 0.717) is 17.1 Å². The Hall–Kier alpha value is -1.78. The molecule has 0 aliphatic carbocycles. The number of fused-ring (bicyclic) bond motifs is 1. The van der Waals surface area contributed by atoms with Gasteiger partial charge in [0.05, 0.1) is 11.2 Å². The molecule has 0 atom stereocenters. The maximum Gasteiger partial charge on any atom is 0.122 e. The molecule has 2 aromatic carbocycles. The molecule has 0 spiro atoms. The Bertz CT molecular complexity index is 787. The van der Waals surface area contributed by atoms with E-state index in [-0.39, 0.29) is 5.75 Å². The average Bonchev–Trinajstić information content (AvgIpc) is 2.46. The van der Waals surface area contributed by atoms with Gasteiger partial charge in [-0.05, 0) is 40.2 Å². The first-order valence-corrected chi connectivity index (χ1v) is 7.57. The van der Waals surface area contributed by atoms with E-state index >= 15 is 0 Å². The number of phenolic OH excluding ortho intramolecular Hbond substituents is 1. The van der Waals surface area contributed by atoms with Gasteiger partial charge in [-0.2, -0.15) is 0 Å². The molecule has 21 heavy (non-hydrogen) atoms. The molecular weight excluding hydrogens is 352 g/mol. The number of aromatic nitrogens is 1. The molecule has 1 aromatic heterocycles. The highest BCUT2D eigenvalue weighted by Crippen LogP contribution is 2.28. The summed E-state index contributed by atoms with van der Waals surface area (Å²) in [4.78, 5) is 4.43. The molecule has 0 fully saturated rings. The fraction of sp³-hybridized carbons (Fsp3) is 0.0625. The third-order valence-corrected chi connectivity index (χ3v) is 4.02. The number of pyridine rings is 1. The van der Waals surface area contributed by atoms with Gasteiger partial charge in [-0.25, -0.2) is 0 Å². The van der Waals surface area contributed by atoms with Crippen molar-refractivity contribution >= 4 is 44.1 Å². The number of nitrogens with one attached hydrogen (secondary N) is 1. The predicted octanol–water partition coefficient (Wildman–Crippen LogP) is 4.97. The number of rotatable bonds is 3. The lowest BCUT2D eigenvalue weighted by Crippen LogP contribution is -2.01. The number of aromatic hydroxyl groups is 1. The molecule has 0 unspecified atom stereocenters. The Kier molecular flexibility index (Phi) is 3.99. The zero-order valence-electron chi connectivity index (χ0n) is 11.0. The summed E-state index contributed by atoms with van der Waals surface area (Å²) in [6.07, 6.45) is 1.76. The zero-order chi connectivity index (χ0) is 14.8. The van der Waals surface area contributed by atoms with Crippen molar-refractivity contribution in [3.63, 3.8) is 0 Å². The van der Waals surface area contributed by atoms with Gasteiger partial charge in [-0.3, -0.25) is 4.98 Å². The SMILES string of the molecule is Oc1cccc(Cl)c1CNc1cccc2cc(Br)cnc12. The molecule has 3 rings (SSSR count). The van der Waals surface area contributed by atoms with E-state index in [2.05, 4.69) is 26.2 Å².